The molecule has 0 aliphatic rings. The van der Waals surface area contributed by atoms with Crippen LogP contribution in [0.4, 0.5) is 11.4 Å². The van der Waals surface area contributed by atoms with Crippen molar-refractivity contribution in [3.8, 4) is 0 Å². The number of nitrogens with two attached hydrogens (primary N) is 1. The summed E-state index contributed by atoms with van der Waals surface area (Å²) < 4.78 is 0. The number of rotatable bonds is 6. The van der Waals surface area contributed by atoms with Crippen molar-refractivity contribution in [2.24, 2.45) is 5.92 Å². The third kappa shape index (κ3) is 3.60. The van der Waals surface area contributed by atoms with Gasteiger partial charge in [-0.2, -0.15) is 0 Å². The molecular weight excluding hydrogens is 234 g/mol. The lowest BCUT2D eigenvalue weighted by Gasteiger charge is -2.11. The van der Waals surface area contributed by atoms with Crippen molar-refractivity contribution in [2.75, 3.05) is 17.6 Å². The van der Waals surface area contributed by atoms with E-state index in [1.54, 1.807) is 6.20 Å². The third-order valence-electron chi connectivity index (χ3n) is 3.32. The molecule has 0 spiro atoms. The number of nitrogens with one attached hydrogen (secondary N) is 1. The van der Waals surface area contributed by atoms with Gasteiger partial charge in [0, 0.05) is 23.8 Å². The monoisotopic (exact) mass is 257 g/mol. The van der Waals surface area contributed by atoms with Gasteiger partial charge in [0.15, 0.2) is 0 Å². The molecule has 0 saturated carbocycles. The molecule has 102 valence electrons. The van der Waals surface area contributed by atoms with Gasteiger partial charge >= 0.3 is 0 Å². The van der Waals surface area contributed by atoms with Gasteiger partial charge in [0.1, 0.15) is 0 Å². The minimum atomic E-state index is 0.737. The van der Waals surface area contributed by atoms with Gasteiger partial charge in [-0.1, -0.05) is 26.7 Å². The van der Waals surface area contributed by atoms with E-state index in [1.165, 1.54) is 19.3 Å². The first kappa shape index (κ1) is 13.7. The predicted octanol–water partition coefficient (Wildman–Crippen LogP) is 4.06. The molecule has 0 aliphatic heterocycles. The molecule has 3 N–H and O–H groups in total. The van der Waals surface area contributed by atoms with Crippen molar-refractivity contribution in [1.82, 2.24) is 4.98 Å². The quantitative estimate of drug-likeness (QED) is 0.606. The van der Waals surface area contributed by atoms with E-state index in [0.717, 1.165) is 34.7 Å². The largest absolute Gasteiger partial charge is 0.397 e. The Bertz CT molecular complexity index is 535. The van der Waals surface area contributed by atoms with Crippen LogP contribution in [0.15, 0.2) is 30.5 Å². The fourth-order valence-electron chi connectivity index (χ4n) is 2.25. The number of hydrogen-bond donors (Lipinski definition) is 2. The second kappa shape index (κ2) is 6.41. The number of unbranched alkanes of at least 4 members (excludes halogenated alkanes) is 1. The topological polar surface area (TPSA) is 50.9 Å². The van der Waals surface area contributed by atoms with Gasteiger partial charge in [0.25, 0.3) is 0 Å². The molecule has 0 saturated heterocycles. The number of aromatic nitrogens is 1. The molecule has 3 nitrogen and oxygen atoms in total. The van der Waals surface area contributed by atoms with Crippen LogP contribution in [-0.2, 0) is 0 Å². The lowest BCUT2D eigenvalue weighted by atomic mass is 10.1. The Morgan fingerprint density at radius 2 is 2.05 bits per heavy atom. The first-order valence-electron chi connectivity index (χ1n) is 7.05. The Morgan fingerprint density at radius 1 is 1.21 bits per heavy atom. The van der Waals surface area contributed by atoms with E-state index >= 15 is 0 Å². The van der Waals surface area contributed by atoms with Gasteiger partial charge in [-0.25, -0.2) is 0 Å². The second-order valence-corrected chi connectivity index (χ2v) is 5.42. The lowest BCUT2D eigenvalue weighted by molar-refractivity contribution is 0.545. The molecule has 3 heteroatoms. The van der Waals surface area contributed by atoms with Crippen molar-refractivity contribution in [3.05, 3.63) is 30.5 Å². The minimum absolute atomic E-state index is 0.737. The number of nitrogen functional groups attached to an aromatic ring is 1. The lowest BCUT2D eigenvalue weighted by Crippen LogP contribution is -2.03. The van der Waals surface area contributed by atoms with E-state index in [4.69, 9.17) is 5.73 Å². The Labute approximate surface area is 115 Å². The summed E-state index contributed by atoms with van der Waals surface area (Å²) in [4.78, 5) is 4.34. The highest BCUT2D eigenvalue weighted by Gasteiger charge is 2.04. The van der Waals surface area contributed by atoms with Crippen LogP contribution in [0.2, 0.25) is 0 Å². The highest BCUT2D eigenvalue weighted by molar-refractivity contribution is 5.98. The number of benzene rings is 1. The van der Waals surface area contributed by atoms with Crippen LogP contribution in [0.1, 0.15) is 33.1 Å². The van der Waals surface area contributed by atoms with Crippen molar-refractivity contribution >= 4 is 22.3 Å². The Hall–Kier alpha value is -1.77. The van der Waals surface area contributed by atoms with Crippen molar-refractivity contribution < 1.29 is 0 Å². The Balaban J connectivity index is 1.99. The predicted molar refractivity (Wildman–Crippen MR) is 83.3 cm³/mol. The summed E-state index contributed by atoms with van der Waals surface area (Å²) in [5, 5.41) is 4.60. The molecule has 2 rings (SSSR count). The van der Waals surface area contributed by atoms with E-state index in [2.05, 4.69) is 30.2 Å². The summed E-state index contributed by atoms with van der Waals surface area (Å²) in [5.41, 5.74) is 8.69. The third-order valence-corrected chi connectivity index (χ3v) is 3.32. The van der Waals surface area contributed by atoms with Crippen LogP contribution in [0.3, 0.4) is 0 Å². The summed E-state index contributed by atoms with van der Waals surface area (Å²) >= 11 is 0. The molecule has 0 amide bonds. The molecular formula is C16H23N3. The van der Waals surface area contributed by atoms with E-state index in [-0.39, 0.29) is 0 Å². The highest BCUT2D eigenvalue weighted by atomic mass is 14.9. The number of hydrogen-bond acceptors (Lipinski definition) is 3. The van der Waals surface area contributed by atoms with E-state index < -0.39 is 0 Å². The van der Waals surface area contributed by atoms with E-state index in [1.807, 2.05) is 18.2 Å². The summed E-state index contributed by atoms with van der Waals surface area (Å²) in [5.74, 6) is 0.793. The number of nitrogens with zero attached hydrogens (tertiary/aromatic N) is 1. The molecule has 0 bridgehead atoms. The molecule has 0 atom stereocenters. The molecule has 0 aliphatic carbocycles. The first-order valence-corrected chi connectivity index (χ1v) is 7.05. The van der Waals surface area contributed by atoms with Gasteiger partial charge < -0.3 is 11.1 Å². The van der Waals surface area contributed by atoms with Gasteiger partial charge in [0.05, 0.1) is 11.2 Å². The summed E-state index contributed by atoms with van der Waals surface area (Å²) in [7, 11) is 0. The zero-order chi connectivity index (χ0) is 13.7. The molecule has 1 aromatic heterocycles. The van der Waals surface area contributed by atoms with Crippen LogP contribution in [0, 0.1) is 5.92 Å². The van der Waals surface area contributed by atoms with Crippen LogP contribution in [0.5, 0.6) is 0 Å². The van der Waals surface area contributed by atoms with Crippen LogP contribution >= 0.6 is 0 Å². The maximum atomic E-state index is 5.94. The zero-order valence-electron chi connectivity index (χ0n) is 11.8. The highest BCUT2D eigenvalue weighted by Crippen LogP contribution is 2.26. The van der Waals surface area contributed by atoms with E-state index in [9.17, 15) is 0 Å². The Kier molecular flexibility index (Phi) is 4.61. The van der Waals surface area contributed by atoms with Gasteiger partial charge in [-0.3, -0.25) is 4.98 Å². The second-order valence-electron chi connectivity index (χ2n) is 5.42. The maximum Gasteiger partial charge on any atom is 0.0951 e. The zero-order valence-corrected chi connectivity index (χ0v) is 11.8. The average molecular weight is 257 g/mol. The van der Waals surface area contributed by atoms with E-state index in [0.29, 0.717) is 0 Å². The standard InChI is InChI=1S/C16H23N3/c1-12(2)6-3-4-10-18-15-9-8-14(17)16-13(15)7-5-11-19-16/h5,7-9,11-12,18H,3-4,6,10,17H2,1-2H3. The molecule has 2 aromatic rings. The number of pyridine rings is 1. The first-order chi connectivity index (χ1) is 9.18. The molecule has 0 fully saturated rings. The van der Waals surface area contributed by atoms with Crippen LogP contribution in [0.25, 0.3) is 10.9 Å². The Morgan fingerprint density at radius 3 is 2.84 bits per heavy atom. The van der Waals surface area contributed by atoms with Crippen LogP contribution < -0.4 is 11.1 Å². The smallest absolute Gasteiger partial charge is 0.0951 e. The molecule has 19 heavy (non-hydrogen) atoms. The molecule has 0 radical (unpaired) electrons. The van der Waals surface area contributed by atoms with Gasteiger partial charge in [-0.05, 0) is 36.6 Å². The molecule has 1 heterocycles. The van der Waals surface area contributed by atoms with Crippen molar-refractivity contribution in [2.45, 2.75) is 33.1 Å². The minimum Gasteiger partial charge on any atom is -0.397 e. The van der Waals surface area contributed by atoms with Crippen molar-refractivity contribution in [3.63, 3.8) is 0 Å². The fraction of sp³-hybridized carbons (Fsp3) is 0.438. The fourth-order valence-corrected chi connectivity index (χ4v) is 2.25. The summed E-state index contributed by atoms with van der Waals surface area (Å²) in [6.45, 7) is 5.54. The number of anilines is 2. The van der Waals surface area contributed by atoms with Gasteiger partial charge in [-0.15, -0.1) is 0 Å². The van der Waals surface area contributed by atoms with Crippen molar-refractivity contribution in [1.29, 1.82) is 0 Å². The summed E-state index contributed by atoms with van der Waals surface area (Å²) in [6.07, 6.45) is 5.55. The summed E-state index contributed by atoms with van der Waals surface area (Å²) in [6, 6.07) is 7.98. The molecule has 0 unspecified atom stereocenters. The SMILES string of the molecule is CC(C)CCCCNc1ccc(N)c2ncccc12. The molecule has 1 aromatic carbocycles. The van der Waals surface area contributed by atoms with Gasteiger partial charge in [0.2, 0.25) is 0 Å². The average Bonchev–Trinajstić information content (AvgIpc) is 2.41. The normalized spacial score (nSPS) is 11.1. The maximum absolute atomic E-state index is 5.94. The van der Waals surface area contributed by atoms with Crippen LogP contribution in [-0.4, -0.2) is 11.5 Å². The number of fused-ring (bicyclic) bond motifs is 1.